The van der Waals surface area contributed by atoms with Crippen LogP contribution in [-0.2, 0) is 0 Å². The molecule has 14 heteroatoms. The molecule has 0 aliphatic heterocycles. The molecule has 20 aromatic rings. The molecule has 0 saturated heterocycles. The third-order valence-corrected chi connectivity index (χ3v) is 23.4. The zero-order valence-corrected chi connectivity index (χ0v) is 53.4. The Bertz CT molecular complexity index is 6500. The zero-order valence-electron chi connectivity index (χ0n) is 49.3. The van der Waals surface area contributed by atoms with Crippen LogP contribution in [0, 0.1) is 0 Å². The largest absolute Gasteiger partial charge is 0.456 e. The van der Waals surface area contributed by atoms with Crippen LogP contribution in [0.15, 0.2) is 259 Å². The van der Waals surface area contributed by atoms with Crippen LogP contribution < -0.4 is 0 Å². The van der Waals surface area contributed by atoms with Crippen LogP contribution in [0.25, 0.3) is 203 Å². The van der Waals surface area contributed by atoms with Gasteiger partial charge in [-0.25, -0.2) is 39.9 Å². The van der Waals surface area contributed by atoms with E-state index >= 15 is 0 Å². The summed E-state index contributed by atoms with van der Waals surface area (Å²) in [4.78, 5) is 41.9. The number of para-hydroxylation sites is 2. The van der Waals surface area contributed by atoms with E-state index in [1.165, 1.54) is 39.7 Å². The van der Waals surface area contributed by atoms with Gasteiger partial charge in [0.2, 0.25) is 0 Å². The standard InChI is InChI=1S/C80H42N8OS5/c1-2-13-43(14-3-1)73-83-75(47-27-32-52-51-17-4-7-24-63(51)89-64(52)41-47)87-77(85-73)57-21-11-19-56-60-39-50(31-35-67(60)91-71(56)57)80-82-62-40-45(29-36-69(62)94-80)44-15-10-16-46(37-44)74-84-76(48-28-33-54-53-18-5-8-25-65(53)90-70(54)42-48)88-78(86-74)58-22-12-20-55-59-38-49(30-34-66(59)92-72(55)58)79-81-61-23-6-9-26-68(61)93-79/h1-42H. The number of aromatic nitrogens is 8. The Morgan fingerprint density at radius 1 is 0.213 bits per heavy atom. The van der Waals surface area contributed by atoms with Crippen LogP contribution in [0.2, 0.25) is 0 Å². The van der Waals surface area contributed by atoms with Crippen LogP contribution in [0.5, 0.6) is 0 Å². The molecule has 12 aromatic carbocycles. The van der Waals surface area contributed by atoms with Gasteiger partial charge in [-0.15, -0.1) is 56.7 Å². The van der Waals surface area contributed by atoms with Crippen molar-refractivity contribution in [2.45, 2.75) is 0 Å². The monoisotopic (exact) mass is 1290 g/mol. The maximum atomic E-state index is 6.33. The average Bonchev–Trinajstić information content (AvgIpc) is 1.59. The van der Waals surface area contributed by atoms with E-state index in [-0.39, 0.29) is 0 Å². The maximum absolute atomic E-state index is 6.33. The topological polar surface area (TPSA) is 116 Å². The van der Waals surface area contributed by atoms with Crippen molar-refractivity contribution in [1.82, 2.24) is 39.9 Å². The summed E-state index contributed by atoms with van der Waals surface area (Å²) in [7, 11) is 0. The fraction of sp³-hybridized carbons (Fsp3) is 0. The lowest BCUT2D eigenvalue weighted by atomic mass is 10.0. The number of nitrogens with zero attached hydrogens (tertiary/aromatic N) is 8. The number of thiazole rings is 2. The highest BCUT2D eigenvalue weighted by Gasteiger charge is 2.22. The van der Waals surface area contributed by atoms with Gasteiger partial charge in [-0.3, -0.25) is 0 Å². The van der Waals surface area contributed by atoms with Crippen molar-refractivity contribution in [1.29, 1.82) is 0 Å². The minimum atomic E-state index is 0.579. The Morgan fingerprint density at radius 3 is 1.37 bits per heavy atom. The molecule has 0 spiro atoms. The normalized spacial score (nSPS) is 12.0. The van der Waals surface area contributed by atoms with E-state index in [2.05, 4.69) is 194 Å². The molecule has 8 aromatic heterocycles. The summed E-state index contributed by atoms with van der Waals surface area (Å²) in [5.74, 6) is 3.64. The van der Waals surface area contributed by atoms with Gasteiger partial charge in [0, 0.05) is 116 Å². The second-order valence-electron chi connectivity index (χ2n) is 23.4. The van der Waals surface area contributed by atoms with Gasteiger partial charge in [0.25, 0.3) is 0 Å². The van der Waals surface area contributed by atoms with E-state index < -0.39 is 0 Å². The van der Waals surface area contributed by atoms with Gasteiger partial charge in [-0.05, 0) is 108 Å². The fourth-order valence-corrected chi connectivity index (χ4v) is 18.5. The Balaban J connectivity index is 0.653. The lowest BCUT2D eigenvalue weighted by Gasteiger charge is -2.10. The molecule has 9 nitrogen and oxygen atoms in total. The summed E-state index contributed by atoms with van der Waals surface area (Å²) >= 11 is 8.75. The van der Waals surface area contributed by atoms with Crippen molar-refractivity contribution in [3.8, 4) is 101 Å². The number of thiophene rings is 3. The molecule has 0 atom stereocenters. The molecule has 0 radical (unpaired) electrons. The number of fused-ring (bicyclic) bond motifs is 14. The molecule has 0 bridgehead atoms. The molecule has 8 heterocycles. The van der Waals surface area contributed by atoms with Gasteiger partial charge in [0.15, 0.2) is 34.9 Å². The van der Waals surface area contributed by atoms with E-state index in [1.54, 1.807) is 56.7 Å². The highest BCUT2D eigenvalue weighted by molar-refractivity contribution is 7.27. The molecule has 20 rings (SSSR count). The first kappa shape index (κ1) is 53.6. The highest BCUT2D eigenvalue weighted by Crippen LogP contribution is 2.46. The molecule has 0 aliphatic carbocycles. The van der Waals surface area contributed by atoms with Crippen molar-refractivity contribution in [3.05, 3.63) is 255 Å². The quantitative estimate of drug-likeness (QED) is 0.139. The van der Waals surface area contributed by atoms with Gasteiger partial charge in [-0.1, -0.05) is 158 Å². The lowest BCUT2D eigenvalue weighted by molar-refractivity contribution is 0.669. The Hall–Kier alpha value is -11.1. The van der Waals surface area contributed by atoms with E-state index in [4.69, 9.17) is 44.3 Å². The third kappa shape index (κ3) is 8.90. The van der Waals surface area contributed by atoms with Crippen LogP contribution in [0.4, 0.5) is 0 Å². The molecule has 0 saturated carbocycles. The number of benzene rings is 12. The SMILES string of the molecule is c1ccc(-c2nc(-c3ccc4c(c3)oc3ccccc34)nc(-c3cccc4c3sc3ccc(-c5nc6cc(-c7cccc(-c8nc(-c9ccc%10c(c9)sc9ccccc9%10)nc(-c9cccc%10c9sc9ccc(-c%11nc%12ccccc%12s%11)cc9%10)n8)c7)ccc6s5)cc34)n2)cc1. The maximum Gasteiger partial charge on any atom is 0.165 e. The molecule has 0 N–H and O–H groups in total. The zero-order chi connectivity index (χ0) is 61.5. The van der Waals surface area contributed by atoms with Gasteiger partial charge in [0.1, 0.15) is 21.2 Å². The lowest BCUT2D eigenvalue weighted by Crippen LogP contribution is -2.00. The predicted octanol–water partition coefficient (Wildman–Crippen LogP) is 23.3. The van der Waals surface area contributed by atoms with Crippen LogP contribution in [0.1, 0.15) is 0 Å². The molecule has 0 amide bonds. The molecule has 94 heavy (non-hydrogen) atoms. The summed E-state index contributed by atoms with van der Waals surface area (Å²) in [6.07, 6.45) is 0. The van der Waals surface area contributed by atoms with E-state index in [9.17, 15) is 0 Å². The van der Waals surface area contributed by atoms with E-state index in [0.29, 0.717) is 34.9 Å². The first-order valence-corrected chi connectivity index (χ1v) is 34.8. The number of hydrogen-bond donors (Lipinski definition) is 0. The molecule has 0 unspecified atom stereocenters. The first-order chi connectivity index (χ1) is 46.5. The third-order valence-electron chi connectivity index (χ3n) is 17.7. The smallest absolute Gasteiger partial charge is 0.165 e. The van der Waals surface area contributed by atoms with Crippen molar-refractivity contribution >= 4 is 160 Å². The first-order valence-electron chi connectivity index (χ1n) is 30.7. The second kappa shape index (κ2) is 21.2. The van der Waals surface area contributed by atoms with Gasteiger partial charge in [0.05, 0.1) is 20.4 Å². The van der Waals surface area contributed by atoms with E-state index in [1.807, 2.05) is 60.7 Å². The molecule has 0 aliphatic rings. The number of hydrogen-bond acceptors (Lipinski definition) is 14. The van der Waals surface area contributed by atoms with Crippen molar-refractivity contribution in [3.63, 3.8) is 0 Å². The van der Waals surface area contributed by atoms with Crippen molar-refractivity contribution < 1.29 is 4.42 Å². The Kier molecular flexibility index (Phi) is 12.1. The molecule has 0 fully saturated rings. The van der Waals surface area contributed by atoms with Crippen LogP contribution in [-0.4, -0.2) is 39.9 Å². The Morgan fingerprint density at radius 2 is 0.670 bits per heavy atom. The minimum Gasteiger partial charge on any atom is -0.456 e. The average molecular weight is 1290 g/mol. The highest BCUT2D eigenvalue weighted by atomic mass is 32.1. The predicted molar refractivity (Wildman–Crippen MR) is 394 cm³/mol. The fourth-order valence-electron chi connectivity index (χ4n) is 13.1. The minimum absolute atomic E-state index is 0.579. The number of rotatable bonds is 9. The molecular formula is C80H42N8OS5. The summed E-state index contributed by atoms with van der Waals surface area (Å²) in [5, 5.41) is 11.2. The second-order valence-corrected chi connectivity index (χ2v) is 28.6. The summed E-state index contributed by atoms with van der Waals surface area (Å²) in [6, 6.07) is 89.5. The van der Waals surface area contributed by atoms with Crippen molar-refractivity contribution in [2.24, 2.45) is 0 Å². The summed E-state index contributed by atoms with van der Waals surface area (Å²) in [5.41, 5.74) is 13.4. The van der Waals surface area contributed by atoms with Gasteiger partial charge >= 0.3 is 0 Å². The Labute approximate surface area is 555 Å². The van der Waals surface area contributed by atoms with Crippen LogP contribution >= 0.6 is 56.7 Å². The molecule has 438 valence electrons. The van der Waals surface area contributed by atoms with Gasteiger partial charge in [-0.2, -0.15) is 0 Å². The summed E-state index contributed by atoms with van der Waals surface area (Å²) < 4.78 is 15.7. The van der Waals surface area contributed by atoms with Crippen LogP contribution in [0.3, 0.4) is 0 Å². The number of furan rings is 1. The summed E-state index contributed by atoms with van der Waals surface area (Å²) in [6.45, 7) is 0. The van der Waals surface area contributed by atoms with Gasteiger partial charge < -0.3 is 4.42 Å². The molecular weight excluding hydrogens is 1250 g/mol. The van der Waals surface area contributed by atoms with Crippen molar-refractivity contribution in [2.75, 3.05) is 0 Å². The van der Waals surface area contributed by atoms with E-state index in [0.717, 1.165) is 129 Å².